The van der Waals surface area contributed by atoms with E-state index in [9.17, 15) is 5.11 Å². The first-order chi connectivity index (χ1) is 8.31. The quantitative estimate of drug-likeness (QED) is 0.827. The van der Waals surface area contributed by atoms with Gasteiger partial charge < -0.3 is 5.11 Å². The monoisotopic (exact) mass is 242 g/mol. The molecule has 2 heteroatoms. The van der Waals surface area contributed by atoms with Crippen molar-refractivity contribution in [3.63, 3.8) is 0 Å². The zero-order valence-electron chi connectivity index (χ0n) is 9.47. The molecule has 86 valence electrons. The number of fused-ring (bicyclic) bond motifs is 1. The molecule has 1 unspecified atom stereocenters. The van der Waals surface area contributed by atoms with Crippen molar-refractivity contribution in [1.82, 2.24) is 0 Å². The van der Waals surface area contributed by atoms with Crippen LogP contribution in [0, 0.1) is 0 Å². The van der Waals surface area contributed by atoms with E-state index in [1.807, 2.05) is 60.3 Å². The van der Waals surface area contributed by atoms with Gasteiger partial charge >= 0.3 is 0 Å². The highest BCUT2D eigenvalue weighted by atomic mass is 32.2. The van der Waals surface area contributed by atoms with Crippen LogP contribution in [-0.2, 0) is 5.60 Å². The third-order valence-electron chi connectivity index (χ3n) is 3.31. The van der Waals surface area contributed by atoms with Gasteiger partial charge in [-0.15, -0.1) is 11.8 Å². The molecule has 0 amide bonds. The van der Waals surface area contributed by atoms with E-state index >= 15 is 0 Å². The molecule has 1 heterocycles. The fourth-order valence-electron chi connectivity index (χ4n) is 2.39. The number of rotatable bonds is 1. The minimum atomic E-state index is -0.816. The molecule has 1 aliphatic heterocycles. The van der Waals surface area contributed by atoms with Crippen LogP contribution in [0.4, 0.5) is 0 Å². The van der Waals surface area contributed by atoms with Crippen LogP contribution < -0.4 is 0 Å². The van der Waals surface area contributed by atoms with Gasteiger partial charge in [-0.25, -0.2) is 0 Å². The third kappa shape index (κ3) is 1.78. The van der Waals surface area contributed by atoms with E-state index in [1.165, 1.54) is 4.90 Å². The van der Waals surface area contributed by atoms with E-state index in [4.69, 9.17) is 0 Å². The van der Waals surface area contributed by atoms with Crippen molar-refractivity contribution < 1.29 is 5.11 Å². The molecular weight excluding hydrogens is 228 g/mol. The molecular formula is C15H14OS. The SMILES string of the molecule is OC1(c2ccccc2)CCSc2ccccc21. The maximum atomic E-state index is 11.0. The van der Waals surface area contributed by atoms with Crippen LogP contribution >= 0.6 is 11.8 Å². The van der Waals surface area contributed by atoms with Crippen molar-refractivity contribution in [1.29, 1.82) is 0 Å². The predicted octanol–water partition coefficient (Wildman–Crippen LogP) is 3.42. The summed E-state index contributed by atoms with van der Waals surface area (Å²) in [7, 11) is 0. The first-order valence-corrected chi connectivity index (χ1v) is 6.79. The second-order valence-electron chi connectivity index (χ2n) is 4.32. The molecule has 0 fully saturated rings. The molecule has 0 aromatic heterocycles. The lowest BCUT2D eigenvalue weighted by Crippen LogP contribution is -2.31. The van der Waals surface area contributed by atoms with E-state index in [0.29, 0.717) is 0 Å². The molecule has 1 atom stereocenters. The highest BCUT2D eigenvalue weighted by Crippen LogP contribution is 2.43. The van der Waals surface area contributed by atoms with Gasteiger partial charge in [-0.3, -0.25) is 0 Å². The van der Waals surface area contributed by atoms with Gasteiger partial charge in [-0.1, -0.05) is 48.5 Å². The maximum Gasteiger partial charge on any atom is 0.116 e. The maximum absolute atomic E-state index is 11.0. The first kappa shape index (κ1) is 10.9. The molecule has 2 aromatic carbocycles. The fourth-order valence-corrected chi connectivity index (χ4v) is 3.58. The summed E-state index contributed by atoms with van der Waals surface area (Å²) in [4.78, 5) is 1.20. The van der Waals surface area contributed by atoms with E-state index < -0.39 is 5.60 Å². The Morgan fingerprint density at radius 3 is 2.47 bits per heavy atom. The molecule has 17 heavy (non-hydrogen) atoms. The van der Waals surface area contributed by atoms with Gasteiger partial charge in [0.15, 0.2) is 0 Å². The van der Waals surface area contributed by atoms with Gasteiger partial charge in [-0.2, -0.15) is 0 Å². The average molecular weight is 242 g/mol. The van der Waals surface area contributed by atoms with Crippen LogP contribution in [-0.4, -0.2) is 10.9 Å². The van der Waals surface area contributed by atoms with Gasteiger partial charge in [0.2, 0.25) is 0 Å². The second kappa shape index (κ2) is 4.21. The number of hydrogen-bond acceptors (Lipinski definition) is 2. The molecule has 2 aromatic rings. The minimum absolute atomic E-state index is 0.776. The molecule has 0 aliphatic carbocycles. The minimum Gasteiger partial charge on any atom is -0.380 e. The van der Waals surface area contributed by atoms with Gasteiger partial charge in [0.25, 0.3) is 0 Å². The summed E-state index contributed by atoms with van der Waals surface area (Å²) in [6.45, 7) is 0. The first-order valence-electron chi connectivity index (χ1n) is 5.81. The molecule has 3 rings (SSSR count). The summed E-state index contributed by atoms with van der Waals surface area (Å²) >= 11 is 1.83. The third-order valence-corrected chi connectivity index (χ3v) is 4.38. The van der Waals surface area contributed by atoms with Gasteiger partial charge in [-0.05, 0) is 18.1 Å². The van der Waals surface area contributed by atoms with Crippen molar-refractivity contribution >= 4 is 11.8 Å². The standard InChI is InChI=1S/C15H14OS/c16-15(12-6-2-1-3-7-12)10-11-17-14-9-5-4-8-13(14)15/h1-9,16H,10-11H2. The molecule has 1 nitrogen and oxygen atoms in total. The lowest BCUT2D eigenvalue weighted by Gasteiger charge is -2.34. The van der Waals surface area contributed by atoms with Crippen LogP contribution in [0.2, 0.25) is 0 Å². The topological polar surface area (TPSA) is 20.2 Å². The van der Waals surface area contributed by atoms with Crippen LogP contribution in [0.3, 0.4) is 0 Å². The summed E-state index contributed by atoms with van der Waals surface area (Å²) < 4.78 is 0. The van der Waals surface area contributed by atoms with E-state index in [2.05, 4.69) is 6.07 Å². The van der Waals surface area contributed by atoms with E-state index in [0.717, 1.165) is 23.3 Å². The predicted molar refractivity (Wildman–Crippen MR) is 71.2 cm³/mol. The lowest BCUT2D eigenvalue weighted by atomic mass is 9.84. The Labute approximate surface area is 105 Å². The van der Waals surface area contributed by atoms with Crippen molar-refractivity contribution in [3.05, 3.63) is 65.7 Å². The van der Waals surface area contributed by atoms with E-state index in [1.54, 1.807) is 0 Å². The van der Waals surface area contributed by atoms with Crippen molar-refractivity contribution in [2.24, 2.45) is 0 Å². The Bertz CT molecular complexity index is 523. The number of benzene rings is 2. The fraction of sp³-hybridized carbons (Fsp3) is 0.200. The van der Waals surface area contributed by atoms with E-state index in [-0.39, 0.29) is 0 Å². The summed E-state index contributed by atoms with van der Waals surface area (Å²) in [5, 5.41) is 11.0. The summed E-state index contributed by atoms with van der Waals surface area (Å²) in [5.41, 5.74) is 1.22. The molecule has 0 radical (unpaired) electrons. The van der Waals surface area contributed by atoms with Crippen LogP contribution in [0.5, 0.6) is 0 Å². The number of thioether (sulfide) groups is 1. The highest BCUT2D eigenvalue weighted by Gasteiger charge is 2.35. The Hall–Kier alpha value is -1.25. The molecule has 0 saturated carbocycles. The van der Waals surface area contributed by atoms with Crippen molar-refractivity contribution in [2.75, 3.05) is 5.75 Å². The average Bonchev–Trinajstić information content (AvgIpc) is 2.40. The molecule has 0 saturated heterocycles. The van der Waals surface area contributed by atoms with Crippen LogP contribution in [0.15, 0.2) is 59.5 Å². The van der Waals surface area contributed by atoms with Gasteiger partial charge in [0, 0.05) is 16.2 Å². The highest BCUT2D eigenvalue weighted by molar-refractivity contribution is 7.99. The zero-order chi connectivity index (χ0) is 11.7. The van der Waals surface area contributed by atoms with Crippen LogP contribution in [0.1, 0.15) is 17.5 Å². The smallest absolute Gasteiger partial charge is 0.116 e. The normalized spacial score (nSPS) is 23.1. The Kier molecular flexibility index (Phi) is 2.69. The molecule has 1 N–H and O–H groups in total. The Morgan fingerprint density at radius 2 is 1.65 bits per heavy atom. The number of hydrogen-bond donors (Lipinski definition) is 1. The Morgan fingerprint density at radius 1 is 0.941 bits per heavy atom. The Balaban J connectivity index is 2.16. The van der Waals surface area contributed by atoms with Crippen LogP contribution in [0.25, 0.3) is 0 Å². The molecule has 0 bridgehead atoms. The van der Waals surface area contributed by atoms with Gasteiger partial charge in [0.1, 0.15) is 5.60 Å². The summed E-state index contributed by atoms with van der Waals surface area (Å²) in [6, 6.07) is 18.1. The molecule has 1 aliphatic rings. The zero-order valence-corrected chi connectivity index (χ0v) is 10.3. The number of aliphatic hydroxyl groups is 1. The van der Waals surface area contributed by atoms with Gasteiger partial charge in [0.05, 0.1) is 0 Å². The van der Waals surface area contributed by atoms with Crippen molar-refractivity contribution in [2.45, 2.75) is 16.9 Å². The largest absolute Gasteiger partial charge is 0.380 e. The van der Waals surface area contributed by atoms with Crippen molar-refractivity contribution in [3.8, 4) is 0 Å². The lowest BCUT2D eigenvalue weighted by molar-refractivity contribution is 0.0731. The molecule has 0 spiro atoms. The summed E-state index contributed by atoms with van der Waals surface area (Å²) in [6.07, 6.45) is 0.776. The second-order valence-corrected chi connectivity index (χ2v) is 5.46. The summed E-state index contributed by atoms with van der Waals surface area (Å²) in [5.74, 6) is 0.961.